The van der Waals surface area contributed by atoms with E-state index < -0.39 is 17.9 Å². The van der Waals surface area contributed by atoms with Crippen LogP contribution in [0.25, 0.3) is 0 Å². The van der Waals surface area contributed by atoms with Crippen molar-refractivity contribution in [2.75, 3.05) is 0 Å². The van der Waals surface area contributed by atoms with Crippen LogP contribution in [0.3, 0.4) is 0 Å². The molecule has 0 radical (unpaired) electrons. The maximum atomic E-state index is 11.6. The highest BCUT2D eigenvalue weighted by molar-refractivity contribution is 5.94. The first kappa shape index (κ1) is 11.6. The zero-order valence-corrected chi connectivity index (χ0v) is 9.51. The van der Waals surface area contributed by atoms with Gasteiger partial charge in [-0.05, 0) is 37.3 Å². The molecule has 5 nitrogen and oxygen atoms in total. The number of aromatic nitrogens is 1. The largest absolute Gasteiger partial charge is 0.480 e. The Bertz CT molecular complexity index is 438. The molecular weight excluding hydrogens is 220 g/mol. The highest BCUT2D eigenvalue weighted by Gasteiger charge is 2.24. The quantitative estimate of drug-likeness (QED) is 0.819. The van der Waals surface area contributed by atoms with E-state index in [1.807, 2.05) is 6.07 Å². The molecule has 1 atom stereocenters. The number of carbonyl (C=O) groups excluding carboxylic acids is 1. The number of pyridine rings is 1. The summed E-state index contributed by atoms with van der Waals surface area (Å²) in [6.45, 7) is 1.42. The normalized spacial score (nSPS) is 16.3. The van der Waals surface area contributed by atoms with Crippen molar-refractivity contribution < 1.29 is 14.7 Å². The zero-order valence-electron chi connectivity index (χ0n) is 9.51. The second-order valence-corrected chi connectivity index (χ2v) is 4.28. The van der Waals surface area contributed by atoms with E-state index in [0.29, 0.717) is 5.92 Å². The number of carboxylic acid groups (broad SMARTS) is 1. The average molecular weight is 234 g/mol. The summed E-state index contributed by atoms with van der Waals surface area (Å²) < 4.78 is 0. The fourth-order valence-electron chi connectivity index (χ4n) is 1.53. The Labute approximate surface area is 98.9 Å². The minimum atomic E-state index is -1.06. The smallest absolute Gasteiger partial charge is 0.325 e. The molecule has 5 heteroatoms. The first-order valence-corrected chi connectivity index (χ1v) is 5.57. The zero-order chi connectivity index (χ0) is 12.4. The first-order valence-electron chi connectivity index (χ1n) is 5.57. The van der Waals surface area contributed by atoms with Crippen LogP contribution < -0.4 is 5.32 Å². The third-order valence-electron chi connectivity index (χ3n) is 2.79. The molecule has 90 valence electrons. The number of rotatable bonds is 4. The van der Waals surface area contributed by atoms with Gasteiger partial charge in [0, 0.05) is 6.20 Å². The van der Waals surface area contributed by atoms with E-state index in [2.05, 4.69) is 10.3 Å². The highest BCUT2D eigenvalue weighted by Crippen LogP contribution is 2.39. The number of aliphatic carboxylic acids is 1. The fraction of sp³-hybridized carbons (Fsp3) is 0.417. The standard InChI is InChI=1S/C12H14N2O3/c1-7(12(16)17)14-11(15)10-5-4-9(6-13-10)8-2-3-8/h4-8H,2-3H2,1H3,(H,14,15)(H,16,17)/t7-/m0/s1. The van der Waals surface area contributed by atoms with Gasteiger partial charge in [0.15, 0.2) is 0 Å². The summed E-state index contributed by atoms with van der Waals surface area (Å²) in [6.07, 6.45) is 4.06. The van der Waals surface area contributed by atoms with Crippen molar-refractivity contribution >= 4 is 11.9 Å². The second kappa shape index (κ2) is 4.53. The molecule has 1 heterocycles. The van der Waals surface area contributed by atoms with Gasteiger partial charge in [0.25, 0.3) is 5.91 Å². The van der Waals surface area contributed by atoms with E-state index in [9.17, 15) is 9.59 Å². The SMILES string of the molecule is C[C@H](NC(=O)c1ccc(C2CC2)cn1)C(=O)O. The van der Waals surface area contributed by atoms with Crippen LogP contribution in [0.15, 0.2) is 18.3 Å². The summed E-state index contributed by atoms with van der Waals surface area (Å²) in [5.41, 5.74) is 1.40. The lowest BCUT2D eigenvalue weighted by Crippen LogP contribution is -2.38. The van der Waals surface area contributed by atoms with Crippen molar-refractivity contribution in [2.45, 2.75) is 31.7 Å². The number of hydrogen-bond acceptors (Lipinski definition) is 3. The highest BCUT2D eigenvalue weighted by atomic mass is 16.4. The van der Waals surface area contributed by atoms with Crippen LogP contribution in [0.4, 0.5) is 0 Å². The van der Waals surface area contributed by atoms with E-state index in [0.717, 1.165) is 5.56 Å². The van der Waals surface area contributed by atoms with E-state index in [1.54, 1.807) is 12.3 Å². The van der Waals surface area contributed by atoms with Gasteiger partial charge in [0.05, 0.1) is 0 Å². The third-order valence-corrected chi connectivity index (χ3v) is 2.79. The van der Waals surface area contributed by atoms with Gasteiger partial charge in [-0.25, -0.2) is 0 Å². The molecule has 0 aliphatic heterocycles. The van der Waals surface area contributed by atoms with Gasteiger partial charge in [-0.15, -0.1) is 0 Å². The van der Waals surface area contributed by atoms with E-state index in [1.165, 1.54) is 19.8 Å². The summed E-state index contributed by atoms with van der Waals surface area (Å²) in [7, 11) is 0. The lowest BCUT2D eigenvalue weighted by atomic mass is 10.2. The van der Waals surface area contributed by atoms with Gasteiger partial charge in [0.2, 0.25) is 0 Å². The van der Waals surface area contributed by atoms with Gasteiger partial charge in [-0.3, -0.25) is 14.6 Å². The average Bonchev–Trinajstić information content (AvgIpc) is 3.13. The molecule has 2 N–H and O–H groups in total. The fourth-order valence-corrected chi connectivity index (χ4v) is 1.53. The molecule has 1 aromatic heterocycles. The van der Waals surface area contributed by atoms with Crippen LogP contribution in [-0.2, 0) is 4.79 Å². The molecule has 0 bridgehead atoms. The molecule has 0 saturated heterocycles. The minimum Gasteiger partial charge on any atom is -0.480 e. The monoisotopic (exact) mass is 234 g/mol. The number of amides is 1. The van der Waals surface area contributed by atoms with Crippen molar-refractivity contribution in [3.8, 4) is 0 Å². The molecule has 0 spiro atoms. The Morgan fingerprint density at radius 1 is 1.47 bits per heavy atom. The van der Waals surface area contributed by atoms with Crippen molar-refractivity contribution in [1.29, 1.82) is 0 Å². The van der Waals surface area contributed by atoms with Crippen LogP contribution >= 0.6 is 0 Å². The Morgan fingerprint density at radius 3 is 2.65 bits per heavy atom. The maximum Gasteiger partial charge on any atom is 0.325 e. The minimum absolute atomic E-state index is 0.252. The molecule has 1 aliphatic carbocycles. The predicted molar refractivity (Wildman–Crippen MR) is 60.8 cm³/mol. The predicted octanol–water partition coefficient (Wildman–Crippen LogP) is 1.16. The summed E-state index contributed by atoms with van der Waals surface area (Å²) >= 11 is 0. The summed E-state index contributed by atoms with van der Waals surface area (Å²) in [4.78, 5) is 26.2. The van der Waals surface area contributed by atoms with Gasteiger partial charge < -0.3 is 10.4 Å². The number of carbonyl (C=O) groups is 2. The Balaban J connectivity index is 2.01. The van der Waals surface area contributed by atoms with Gasteiger partial charge in [0.1, 0.15) is 11.7 Å². The first-order chi connectivity index (χ1) is 8.08. The summed E-state index contributed by atoms with van der Waals surface area (Å²) in [6, 6.07) is 2.61. The van der Waals surface area contributed by atoms with Crippen LogP contribution in [0.5, 0.6) is 0 Å². The number of nitrogens with one attached hydrogen (secondary N) is 1. The van der Waals surface area contributed by atoms with Crippen LogP contribution in [-0.4, -0.2) is 28.0 Å². The molecule has 1 aromatic rings. The Hall–Kier alpha value is -1.91. The topological polar surface area (TPSA) is 79.3 Å². The van der Waals surface area contributed by atoms with Crippen LogP contribution in [0.2, 0.25) is 0 Å². The van der Waals surface area contributed by atoms with Gasteiger partial charge >= 0.3 is 5.97 Å². The molecule has 1 aliphatic rings. The molecule has 1 saturated carbocycles. The summed E-state index contributed by atoms with van der Waals surface area (Å²) in [5.74, 6) is -0.923. The number of nitrogens with zero attached hydrogens (tertiary/aromatic N) is 1. The van der Waals surface area contributed by atoms with Crippen molar-refractivity contribution in [3.05, 3.63) is 29.6 Å². The molecule has 0 unspecified atom stereocenters. The van der Waals surface area contributed by atoms with Crippen molar-refractivity contribution in [1.82, 2.24) is 10.3 Å². The Kier molecular flexibility index (Phi) is 3.08. The molecule has 1 amide bonds. The summed E-state index contributed by atoms with van der Waals surface area (Å²) in [5, 5.41) is 11.0. The van der Waals surface area contributed by atoms with Gasteiger partial charge in [-0.1, -0.05) is 6.07 Å². The second-order valence-electron chi connectivity index (χ2n) is 4.28. The lowest BCUT2D eigenvalue weighted by molar-refractivity contribution is -0.138. The molecule has 17 heavy (non-hydrogen) atoms. The maximum absolute atomic E-state index is 11.6. The van der Waals surface area contributed by atoms with E-state index >= 15 is 0 Å². The van der Waals surface area contributed by atoms with Crippen LogP contribution in [0.1, 0.15) is 41.7 Å². The van der Waals surface area contributed by atoms with E-state index in [4.69, 9.17) is 5.11 Å². The third kappa shape index (κ3) is 2.81. The number of carboxylic acids is 1. The van der Waals surface area contributed by atoms with Crippen LogP contribution in [0, 0.1) is 0 Å². The number of hydrogen-bond donors (Lipinski definition) is 2. The van der Waals surface area contributed by atoms with E-state index in [-0.39, 0.29) is 5.69 Å². The molecule has 1 fully saturated rings. The lowest BCUT2D eigenvalue weighted by Gasteiger charge is -2.08. The van der Waals surface area contributed by atoms with Gasteiger partial charge in [-0.2, -0.15) is 0 Å². The Morgan fingerprint density at radius 2 is 2.18 bits per heavy atom. The molecule has 0 aromatic carbocycles. The van der Waals surface area contributed by atoms with Crippen molar-refractivity contribution in [2.24, 2.45) is 0 Å². The van der Waals surface area contributed by atoms with Crippen molar-refractivity contribution in [3.63, 3.8) is 0 Å². The molecule has 2 rings (SSSR count). The molecular formula is C12H14N2O3.